The van der Waals surface area contributed by atoms with Crippen LogP contribution in [0.25, 0.3) is 0 Å². The van der Waals surface area contributed by atoms with Crippen molar-refractivity contribution < 1.29 is 10.0 Å². The zero-order chi connectivity index (χ0) is 4.71. The van der Waals surface area contributed by atoms with Crippen LogP contribution in [0.5, 0.6) is 0 Å². The number of hydrogen-bond donors (Lipinski definition) is 2. The lowest BCUT2D eigenvalue weighted by molar-refractivity contribution is 0.448. The van der Waals surface area contributed by atoms with E-state index < -0.39 is 0 Å². The first kappa shape index (κ1) is 8.99. The molecule has 5 heavy (non-hydrogen) atoms. The lowest BCUT2D eigenvalue weighted by Crippen LogP contribution is -1.75. The van der Waals surface area contributed by atoms with Crippen molar-refractivity contribution in [1.82, 2.24) is 0 Å². The zero-order valence-electron chi connectivity index (χ0n) is 2.85. The Balaban J connectivity index is 0. The Morgan fingerprint density at radius 2 is 1.40 bits per heavy atom. The molecule has 0 fully saturated rings. The Morgan fingerprint density at radius 1 is 1.40 bits per heavy atom. The summed E-state index contributed by atoms with van der Waals surface area (Å²) in [7, 11) is 0. The molecule has 0 aromatic heterocycles. The van der Waals surface area contributed by atoms with E-state index in [9.17, 15) is 0 Å². The summed E-state index contributed by atoms with van der Waals surface area (Å²) >= 11 is 4.64. The molecule has 0 aromatic rings. The SMILES string of the molecule is CCl.O[B]O. The molecule has 0 aliphatic carbocycles. The third-order valence-electron chi connectivity index (χ3n) is 0. The number of rotatable bonds is 0. The quantitative estimate of drug-likeness (QED) is 0.310. The van der Waals surface area contributed by atoms with Crippen molar-refractivity contribution in [3.05, 3.63) is 0 Å². The number of alkyl halides is 1. The molecular formula is CH5BClO2. The number of hydrogen-bond acceptors (Lipinski definition) is 2. The Morgan fingerprint density at radius 3 is 1.40 bits per heavy atom. The highest BCUT2D eigenvalue weighted by molar-refractivity contribution is 6.15. The molecule has 0 heterocycles. The van der Waals surface area contributed by atoms with E-state index in [1.807, 2.05) is 0 Å². The molecule has 0 aliphatic heterocycles. The summed E-state index contributed by atoms with van der Waals surface area (Å²) in [5.74, 6) is 0. The molecule has 0 rings (SSSR count). The minimum Gasteiger partial charge on any atom is -0.429 e. The largest absolute Gasteiger partial charge is 0.482 e. The van der Waals surface area contributed by atoms with Gasteiger partial charge in [-0.15, -0.1) is 11.6 Å². The molecule has 0 saturated carbocycles. The van der Waals surface area contributed by atoms with Crippen molar-refractivity contribution in [2.24, 2.45) is 0 Å². The predicted octanol–water partition coefficient (Wildman–Crippen LogP) is -0.640. The van der Waals surface area contributed by atoms with Crippen LogP contribution in [0.2, 0.25) is 0 Å². The second-order valence-corrected chi connectivity index (χ2v) is 0.115. The molecule has 0 bridgehead atoms. The van der Waals surface area contributed by atoms with E-state index in [0.717, 1.165) is 0 Å². The normalized spacial score (nSPS) is 4.00. The van der Waals surface area contributed by atoms with Crippen LogP contribution < -0.4 is 0 Å². The summed E-state index contributed by atoms with van der Waals surface area (Å²) in [5, 5.41) is 14.0. The van der Waals surface area contributed by atoms with Crippen LogP contribution in [0.3, 0.4) is 0 Å². The van der Waals surface area contributed by atoms with E-state index in [-0.39, 0.29) is 7.69 Å². The maximum absolute atomic E-state index is 7.00. The van der Waals surface area contributed by atoms with E-state index in [1.165, 1.54) is 6.38 Å². The standard InChI is InChI=1S/CH3Cl.BH2O2/c1-2;2-1-3/h1H3;2-3H. The first-order valence-electron chi connectivity index (χ1n) is 0.894. The molecule has 2 nitrogen and oxygen atoms in total. The van der Waals surface area contributed by atoms with Gasteiger partial charge in [0.05, 0.1) is 0 Å². The average molecular weight is 95.3 g/mol. The molecule has 2 N–H and O–H groups in total. The first-order chi connectivity index (χ1) is 2.41. The topological polar surface area (TPSA) is 40.5 Å². The van der Waals surface area contributed by atoms with Gasteiger partial charge < -0.3 is 10.0 Å². The van der Waals surface area contributed by atoms with Gasteiger partial charge >= 0.3 is 7.69 Å². The van der Waals surface area contributed by atoms with Crippen LogP contribution in [-0.4, -0.2) is 24.1 Å². The van der Waals surface area contributed by atoms with Crippen molar-refractivity contribution in [3.63, 3.8) is 0 Å². The van der Waals surface area contributed by atoms with Crippen LogP contribution in [0.1, 0.15) is 0 Å². The fourth-order valence-electron chi connectivity index (χ4n) is 0. The van der Waals surface area contributed by atoms with Crippen LogP contribution >= 0.6 is 11.6 Å². The Labute approximate surface area is 36.7 Å². The Kier molecular flexibility index (Phi) is 50.7. The summed E-state index contributed by atoms with van der Waals surface area (Å²) in [6.07, 6.45) is 1.47. The van der Waals surface area contributed by atoms with E-state index >= 15 is 0 Å². The summed E-state index contributed by atoms with van der Waals surface area (Å²) < 4.78 is 0. The van der Waals surface area contributed by atoms with Gasteiger partial charge in [-0.2, -0.15) is 0 Å². The van der Waals surface area contributed by atoms with Crippen molar-refractivity contribution in [1.29, 1.82) is 0 Å². The smallest absolute Gasteiger partial charge is 0.429 e. The molecule has 0 aromatic carbocycles. The highest BCUT2D eigenvalue weighted by atomic mass is 35.5. The molecule has 1 radical (unpaired) electrons. The lowest BCUT2D eigenvalue weighted by Gasteiger charge is -1.46. The number of halogens is 1. The van der Waals surface area contributed by atoms with Crippen LogP contribution in [-0.2, 0) is 0 Å². The molecule has 4 heteroatoms. The van der Waals surface area contributed by atoms with Gasteiger partial charge in [-0.3, -0.25) is 0 Å². The highest BCUT2D eigenvalue weighted by Crippen LogP contribution is 1.34. The van der Waals surface area contributed by atoms with Gasteiger partial charge in [0.25, 0.3) is 0 Å². The molecule has 0 saturated heterocycles. The Hall–Kier alpha value is 0.275. The second kappa shape index (κ2) is 28.2. The molecule has 0 atom stereocenters. The summed E-state index contributed by atoms with van der Waals surface area (Å²) in [5.41, 5.74) is 0. The minimum atomic E-state index is 0. The molecule has 0 amide bonds. The van der Waals surface area contributed by atoms with Crippen LogP contribution in [0, 0.1) is 0 Å². The van der Waals surface area contributed by atoms with Crippen LogP contribution in [0.15, 0.2) is 0 Å². The lowest BCUT2D eigenvalue weighted by atomic mass is 10.5. The second-order valence-electron chi connectivity index (χ2n) is 0.115. The van der Waals surface area contributed by atoms with Gasteiger partial charge in [0.2, 0.25) is 0 Å². The summed E-state index contributed by atoms with van der Waals surface area (Å²) in [6, 6.07) is 0. The van der Waals surface area contributed by atoms with Crippen molar-refractivity contribution in [2.45, 2.75) is 0 Å². The van der Waals surface area contributed by atoms with Crippen molar-refractivity contribution >= 4 is 19.3 Å². The van der Waals surface area contributed by atoms with E-state index in [1.54, 1.807) is 0 Å². The molecule has 0 aliphatic rings. The average Bonchev–Trinajstić information content (AvgIpc) is 1.46. The van der Waals surface area contributed by atoms with Gasteiger partial charge in [-0.1, -0.05) is 0 Å². The highest BCUT2D eigenvalue weighted by Gasteiger charge is 1.51. The van der Waals surface area contributed by atoms with Crippen LogP contribution in [0.4, 0.5) is 0 Å². The summed E-state index contributed by atoms with van der Waals surface area (Å²) in [4.78, 5) is 0. The van der Waals surface area contributed by atoms with Crippen molar-refractivity contribution in [3.8, 4) is 0 Å². The maximum Gasteiger partial charge on any atom is 0.482 e. The Bertz CT molecular complexity index is 9.61. The van der Waals surface area contributed by atoms with E-state index in [0.29, 0.717) is 0 Å². The van der Waals surface area contributed by atoms with Gasteiger partial charge in [0.1, 0.15) is 0 Å². The van der Waals surface area contributed by atoms with Gasteiger partial charge in [-0.25, -0.2) is 0 Å². The fourth-order valence-corrected chi connectivity index (χ4v) is 0. The summed E-state index contributed by atoms with van der Waals surface area (Å²) in [6.45, 7) is 0. The third kappa shape index (κ3) is 293. The van der Waals surface area contributed by atoms with E-state index in [2.05, 4.69) is 11.6 Å². The van der Waals surface area contributed by atoms with Crippen molar-refractivity contribution in [2.75, 3.05) is 6.38 Å². The first-order valence-corrected chi connectivity index (χ1v) is 1.65. The molecular weight excluding hydrogens is 90.3 g/mol. The predicted molar refractivity (Wildman–Crippen MR) is 22.0 cm³/mol. The molecule has 0 unspecified atom stereocenters. The molecule has 0 spiro atoms. The monoisotopic (exact) mass is 95.0 g/mol. The van der Waals surface area contributed by atoms with Gasteiger partial charge in [-0.05, 0) is 0 Å². The van der Waals surface area contributed by atoms with Gasteiger partial charge in [0.15, 0.2) is 0 Å². The maximum atomic E-state index is 7.00. The molecule has 31 valence electrons. The fraction of sp³-hybridized carbons (Fsp3) is 1.00. The minimum absolute atomic E-state index is 0. The third-order valence-corrected chi connectivity index (χ3v) is 0. The van der Waals surface area contributed by atoms with E-state index in [4.69, 9.17) is 10.0 Å². The van der Waals surface area contributed by atoms with Gasteiger partial charge in [0, 0.05) is 6.38 Å². The zero-order valence-corrected chi connectivity index (χ0v) is 3.61.